The molecule has 0 bridgehead atoms. The zero-order chi connectivity index (χ0) is 25.2. The highest BCUT2D eigenvalue weighted by molar-refractivity contribution is 5.94. The fourth-order valence-corrected chi connectivity index (χ4v) is 4.17. The summed E-state index contributed by atoms with van der Waals surface area (Å²) in [5.41, 5.74) is 0.465. The van der Waals surface area contributed by atoms with E-state index in [2.05, 4.69) is 12.2 Å². The van der Waals surface area contributed by atoms with Crippen molar-refractivity contribution in [1.82, 2.24) is 5.32 Å². The lowest BCUT2D eigenvalue weighted by Crippen LogP contribution is -2.40. The Balaban J connectivity index is 1.38. The largest absolute Gasteiger partial charge is 0.387 e. The minimum absolute atomic E-state index is 0.0263. The van der Waals surface area contributed by atoms with Crippen LogP contribution >= 0.6 is 0 Å². The molecule has 198 valence electrons. The molecule has 0 spiro atoms. The van der Waals surface area contributed by atoms with Gasteiger partial charge in [0.2, 0.25) is 0 Å². The van der Waals surface area contributed by atoms with Crippen molar-refractivity contribution >= 4 is 5.91 Å². The van der Waals surface area contributed by atoms with E-state index in [1.54, 1.807) is 30.3 Å². The lowest BCUT2D eigenvalue weighted by molar-refractivity contribution is -0.204. The van der Waals surface area contributed by atoms with Gasteiger partial charge in [0.25, 0.3) is 5.91 Å². The summed E-state index contributed by atoms with van der Waals surface area (Å²) in [5.74, 6) is -0.330. The summed E-state index contributed by atoms with van der Waals surface area (Å²) >= 11 is 0. The molecule has 8 atom stereocenters. The number of benzene rings is 1. The van der Waals surface area contributed by atoms with Crippen LogP contribution in [0.25, 0.3) is 0 Å². The molecule has 2 heterocycles. The molecule has 0 aromatic heterocycles. The average Bonchev–Trinajstić information content (AvgIpc) is 3.30. The number of carbonyl (C=O) groups is 1. The third-order valence-corrected chi connectivity index (χ3v) is 6.34. The van der Waals surface area contributed by atoms with E-state index in [0.717, 1.165) is 19.3 Å². The van der Waals surface area contributed by atoms with E-state index >= 15 is 0 Å². The Labute approximate surface area is 206 Å². The van der Waals surface area contributed by atoms with Gasteiger partial charge in [-0.1, -0.05) is 57.2 Å². The lowest BCUT2D eigenvalue weighted by Gasteiger charge is -2.20. The zero-order valence-electron chi connectivity index (χ0n) is 20.2. The van der Waals surface area contributed by atoms with Crippen LogP contribution < -0.4 is 5.32 Å². The first-order valence-electron chi connectivity index (χ1n) is 12.5. The molecule has 1 aromatic carbocycles. The molecule has 0 aliphatic carbocycles. The molecule has 1 aromatic rings. The van der Waals surface area contributed by atoms with Gasteiger partial charge < -0.3 is 44.7 Å². The van der Waals surface area contributed by atoms with Crippen molar-refractivity contribution < 1.29 is 44.2 Å². The van der Waals surface area contributed by atoms with Crippen molar-refractivity contribution in [2.75, 3.05) is 19.8 Å². The predicted molar refractivity (Wildman–Crippen MR) is 125 cm³/mol. The van der Waals surface area contributed by atoms with E-state index in [1.165, 1.54) is 19.3 Å². The van der Waals surface area contributed by atoms with Gasteiger partial charge in [-0.25, -0.2) is 0 Å². The Morgan fingerprint density at radius 3 is 2.14 bits per heavy atom. The Bertz CT molecular complexity index is 752. The zero-order valence-corrected chi connectivity index (χ0v) is 20.2. The van der Waals surface area contributed by atoms with Gasteiger partial charge in [-0.15, -0.1) is 0 Å². The van der Waals surface area contributed by atoms with Crippen molar-refractivity contribution in [2.45, 2.75) is 94.7 Å². The third-order valence-electron chi connectivity index (χ3n) is 6.34. The standard InChI is InChI=1S/C25H39NO9/c1-2-3-4-5-6-10-13-32-24-22(30)20(28)18(35-24)15-33-25-21(29)19(27)17(34-25)14-26-23(31)16-11-8-7-9-12-16/h7-9,11-12,17-22,24-25,27-30H,2-6,10,13-15H2,1H3,(H,26,31)/t17-,18-,19-,20-,21+,22+,24+,25+/m1/s1. The van der Waals surface area contributed by atoms with Crippen LogP contribution in [0.2, 0.25) is 0 Å². The summed E-state index contributed by atoms with van der Waals surface area (Å²) < 4.78 is 22.3. The molecule has 1 amide bonds. The molecule has 2 aliphatic rings. The van der Waals surface area contributed by atoms with E-state index in [-0.39, 0.29) is 19.1 Å². The van der Waals surface area contributed by atoms with E-state index in [4.69, 9.17) is 18.9 Å². The molecule has 2 aliphatic heterocycles. The molecule has 2 saturated heterocycles. The maximum absolute atomic E-state index is 12.2. The van der Waals surface area contributed by atoms with Gasteiger partial charge in [-0.3, -0.25) is 4.79 Å². The molecular formula is C25H39NO9. The lowest BCUT2D eigenvalue weighted by atomic mass is 10.1. The molecule has 10 heteroatoms. The van der Waals surface area contributed by atoms with Gasteiger partial charge in [-0.2, -0.15) is 0 Å². The average molecular weight is 498 g/mol. The number of hydrogen-bond acceptors (Lipinski definition) is 9. The van der Waals surface area contributed by atoms with E-state index in [0.29, 0.717) is 12.2 Å². The van der Waals surface area contributed by atoms with Crippen LogP contribution in [0.5, 0.6) is 0 Å². The Kier molecular flexibility index (Phi) is 11.3. The first-order chi connectivity index (χ1) is 16.9. The number of unbranched alkanes of at least 4 members (excludes halogenated alkanes) is 5. The molecule has 0 radical (unpaired) electrons. The van der Waals surface area contributed by atoms with Crippen LogP contribution in [0.4, 0.5) is 0 Å². The normalized spacial score (nSPS) is 32.7. The minimum Gasteiger partial charge on any atom is -0.387 e. The molecule has 0 unspecified atom stereocenters. The minimum atomic E-state index is -1.35. The summed E-state index contributed by atoms with van der Waals surface area (Å²) in [6.45, 7) is 2.37. The number of aliphatic hydroxyl groups excluding tert-OH is 4. The predicted octanol–water partition coefficient (Wildman–Crippen LogP) is 0.704. The van der Waals surface area contributed by atoms with E-state index in [9.17, 15) is 25.2 Å². The number of rotatable bonds is 14. The van der Waals surface area contributed by atoms with Crippen LogP contribution in [0.3, 0.4) is 0 Å². The first-order valence-corrected chi connectivity index (χ1v) is 12.5. The van der Waals surface area contributed by atoms with Crippen molar-refractivity contribution in [3.63, 3.8) is 0 Å². The third kappa shape index (κ3) is 7.93. The Morgan fingerprint density at radius 1 is 0.829 bits per heavy atom. The second kappa shape index (κ2) is 14.2. The summed E-state index contributed by atoms with van der Waals surface area (Å²) in [4.78, 5) is 12.2. The molecule has 5 N–H and O–H groups in total. The summed E-state index contributed by atoms with van der Waals surface area (Å²) in [6.07, 6.45) is -2.36. The summed E-state index contributed by atoms with van der Waals surface area (Å²) in [7, 11) is 0. The van der Waals surface area contributed by atoms with Gasteiger partial charge in [0, 0.05) is 18.7 Å². The quantitative estimate of drug-likeness (QED) is 0.234. The van der Waals surface area contributed by atoms with Gasteiger partial charge in [-0.05, 0) is 18.6 Å². The number of carbonyl (C=O) groups excluding carboxylic acids is 1. The monoisotopic (exact) mass is 497 g/mol. The maximum Gasteiger partial charge on any atom is 0.251 e. The van der Waals surface area contributed by atoms with Crippen LogP contribution in [-0.4, -0.2) is 95.3 Å². The smallest absolute Gasteiger partial charge is 0.251 e. The first kappa shape index (κ1) is 27.9. The highest BCUT2D eigenvalue weighted by atomic mass is 16.7. The van der Waals surface area contributed by atoms with Gasteiger partial charge >= 0.3 is 0 Å². The highest BCUT2D eigenvalue weighted by Crippen LogP contribution is 2.26. The second-order valence-electron chi connectivity index (χ2n) is 9.10. The molecular weight excluding hydrogens is 458 g/mol. The van der Waals surface area contributed by atoms with E-state index < -0.39 is 49.2 Å². The van der Waals surface area contributed by atoms with Crippen molar-refractivity contribution in [2.24, 2.45) is 0 Å². The fraction of sp³-hybridized carbons (Fsp3) is 0.720. The number of amides is 1. The number of hydrogen-bond donors (Lipinski definition) is 5. The number of ether oxygens (including phenoxy) is 4. The maximum atomic E-state index is 12.2. The van der Waals surface area contributed by atoms with Gasteiger partial charge in [0.05, 0.1) is 6.61 Å². The molecule has 2 fully saturated rings. The van der Waals surface area contributed by atoms with Gasteiger partial charge in [0.15, 0.2) is 12.6 Å². The second-order valence-corrected chi connectivity index (χ2v) is 9.10. The van der Waals surface area contributed by atoms with Crippen LogP contribution in [0.1, 0.15) is 55.8 Å². The van der Waals surface area contributed by atoms with Crippen LogP contribution in [0.15, 0.2) is 30.3 Å². The summed E-state index contributed by atoms with van der Waals surface area (Å²) in [6, 6.07) is 8.60. The van der Waals surface area contributed by atoms with E-state index in [1.807, 2.05) is 0 Å². The SMILES string of the molecule is CCCCCCCCO[C@H]1O[C@H](CO[C@H]2O[C@H](CNC(=O)c3ccccc3)[C@@H](O)[C@@H]2O)[C@@H](O)[C@@H]1O. The topological polar surface area (TPSA) is 147 Å². The van der Waals surface area contributed by atoms with Crippen molar-refractivity contribution in [3.8, 4) is 0 Å². The molecule has 35 heavy (non-hydrogen) atoms. The van der Waals surface area contributed by atoms with Gasteiger partial charge in [0.1, 0.15) is 36.6 Å². The van der Waals surface area contributed by atoms with Crippen LogP contribution in [0, 0.1) is 0 Å². The number of nitrogens with one attached hydrogen (secondary N) is 1. The molecule has 10 nitrogen and oxygen atoms in total. The Hall–Kier alpha value is -1.63. The summed E-state index contributed by atoms with van der Waals surface area (Å²) in [5, 5.41) is 43.7. The highest BCUT2D eigenvalue weighted by Gasteiger charge is 2.47. The molecule has 0 saturated carbocycles. The molecule has 3 rings (SSSR count). The Morgan fingerprint density at radius 2 is 1.43 bits per heavy atom. The number of aliphatic hydroxyl groups is 4. The van der Waals surface area contributed by atoms with Crippen molar-refractivity contribution in [3.05, 3.63) is 35.9 Å². The van der Waals surface area contributed by atoms with Crippen molar-refractivity contribution in [1.29, 1.82) is 0 Å². The van der Waals surface area contributed by atoms with Crippen LogP contribution in [-0.2, 0) is 18.9 Å². The fourth-order valence-electron chi connectivity index (χ4n) is 4.17.